The third-order valence-electron chi connectivity index (χ3n) is 1.39. The summed E-state index contributed by atoms with van der Waals surface area (Å²) >= 11 is 0. The fourth-order valence-electron chi connectivity index (χ4n) is 0.863. The zero-order valence-electron chi connectivity index (χ0n) is 7.03. The van der Waals surface area contributed by atoms with Gasteiger partial charge in [-0.3, -0.25) is 9.79 Å². The predicted molar refractivity (Wildman–Crippen MR) is 49.3 cm³/mol. The van der Waals surface area contributed by atoms with Crippen LogP contribution in [0.4, 0.5) is 0 Å². The smallest absolute Gasteiger partial charge is 0.170 e. The zero-order chi connectivity index (χ0) is 8.81. The molecule has 0 N–H and O–H groups in total. The average molecular weight is 161 g/mol. The fourth-order valence-corrected chi connectivity index (χ4v) is 0.863. The van der Waals surface area contributed by atoms with Crippen molar-refractivity contribution in [2.75, 3.05) is 0 Å². The van der Waals surface area contributed by atoms with E-state index in [4.69, 9.17) is 0 Å². The van der Waals surface area contributed by atoms with Crippen molar-refractivity contribution in [3.05, 3.63) is 35.9 Å². The molecule has 0 radical (unpaired) electrons. The van der Waals surface area contributed by atoms with E-state index in [0.717, 1.165) is 5.56 Å². The van der Waals surface area contributed by atoms with Gasteiger partial charge in [0.05, 0.1) is 12.8 Å². The summed E-state index contributed by atoms with van der Waals surface area (Å²) in [5.74, 6) is -0.00840. The topological polar surface area (TPSA) is 29.4 Å². The Hall–Kier alpha value is -1.44. The molecule has 2 nitrogen and oxygen atoms in total. The van der Waals surface area contributed by atoms with Gasteiger partial charge in [-0.1, -0.05) is 30.3 Å². The van der Waals surface area contributed by atoms with Crippen molar-refractivity contribution >= 4 is 12.0 Å². The Labute approximate surface area is 71.9 Å². The van der Waals surface area contributed by atoms with Crippen LogP contribution in [-0.4, -0.2) is 12.0 Å². The molecule has 1 aromatic carbocycles. The van der Waals surface area contributed by atoms with Crippen LogP contribution in [0.2, 0.25) is 0 Å². The first-order valence-corrected chi connectivity index (χ1v) is 3.83. The lowest BCUT2D eigenvalue weighted by Gasteiger charge is -1.92. The maximum Gasteiger partial charge on any atom is 0.170 e. The molecule has 0 saturated heterocycles. The minimum absolute atomic E-state index is 0.00840. The number of benzene rings is 1. The summed E-state index contributed by atoms with van der Waals surface area (Å²) in [6.07, 6.45) is 1.35. The van der Waals surface area contributed by atoms with Crippen molar-refractivity contribution in [2.24, 2.45) is 4.99 Å². The van der Waals surface area contributed by atoms with Gasteiger partial charge in [-0.15, -0.1) is 0 Å². The lowest BCUT2D eigenvalue weighted by atomic mass is 10.2. The summed E-state index contributed by atoms with van der Waals surface area (Å²) < 4.78 is 0. The highest BCUT2D eigenvalue weighted by Crippen LogP contribution is 1.98. The van der Waals surface area contributed by atoms with Crippen molar-refractivity contribution in [1.82, 2.24) is 0 Å². The van der Waals surface area contributed by atoms with E-state index in [9.17, 15) is 4.79 Å². The highest BCUT2D eigenvalue weighted by atomic mass is 16.1. The Morgan fingerprint density at radius 3 is 2.67 bits per heavy atom. The molecule has 0 saturated carbocycles. The van der Waals surface area contributed by atoms with Crippen LogP contribution in [-0.2, 0) is 11.3 Å². The number of nitrogens with zero attached hydrogens (tertiary/aromatic N) is 1. The monoisotopic (exact) mass is 161 g/mol. The Morgan fingerprint density at radius 1 is 1.42 bits per heavy atom. The standard InChI is InChI=1S/C10H11NO/c1-9(12)7-11-8-10-5-3-2-4-6-10/h2-7H,8H2,1H3/b11-7+. The van der Waals surface area contributed by atoms with Crippen LogP contribution in [0.15, 0.2) is 35.3 Å². The lowest BCUT2D eigenvalue weighted by Crippen LogP contribution is -1.90. The number of carbonyl (C=O) groups excluding carboxylic acids is 1. The Kier molecular flexibility index (Phi) is 3.20. The number of carbonyl (C=O) groups is 1. The molecule has 0 unspecified atom stereocenters. The number of hydrogen-bond donors (Lipinski definition) is 0. The molecule has 2 heteroatoms. The van der Waals surface area contributed by atoms with Gasteiger partial charge in [-0.25, -0.2) is 0 Å². The number of hydrogen-bond acceptors (Lipinski definition) is 2. The van der Waals surface area contributed by atoms with Crippen LogP contribution in [0.5, 0.6) is 0 Å². The van der Waals surface area contributed by atoms with E-state index in [1.54, 1.807) is 0 Å². The molecule has 0 aromatic heterocycles. The molecule has 0 atom stereocenters. The number of Topliss-reactive ketones (excluding diaryl/α,β-unsaturated/α-hetero) is 1. The highest BCUT2D eigenvalue weighted by Gasteiger charge is 1.87. The second-order valence-electron chi connectivity index (χ2n) is 2.57. The van der Waals surface area contributed by atoms with Gasteiger partial charge in [0.25, 0.3) is 0 Å². The molecule has 0 bridgehead atoms. The third-order valence-corrected chi connectivity index (χ3v) is 1.39. The van der Waals surface area contributed by atoms with Crippen molar-refractivity contribution in [3.8, 4) is 0 Å². The van der Waals surface area contributed by atoms with E-state index in [1.807, 2.05) is 30.3 Å². The normalized spacial score (nSPS) is 10.4. The van der Waals surface area contributed by atoms with Crippen LogP contribution < -0.4 is 0 Å². The second-order valence-corrected chi connectivity index (χ2v) is 2.57. The molecule has 12 heavy (non-hydrogen) atoms. The molecule has 0 spiro atoms. The molecule has 0 fully saturated rings. The van der Waals surface area contributed by atoms with Crippen LogP contribution in [0.3, 0.4) is 0 Å². The van der Waals surface area contributed by atoms with Gasteiger partial charge in [0, 0.05) is 6.92 Å². The van der Waals surface area contributed by atoms with Gasteiger partial charge in [0.2, 0.25) is 0 Å². The van der Waals surface area contributed by atoms with Gasteiger partial charge in [0.15, 0.2) is 5.78 Å². The van der Waals surface area contributed by atoms with Gasteiger partial charge < -0.3 is 0 Å². The Bertz CT molecular complexity index is 277. The molecule has 0 amide bonds. The van der Waals surface area contributed by atoms with E-state index in [1.165, 1.54) is 13.1 Å². The van der Waals surface area contributed by atoms with E-state index < -0.39 is 0 Å². The summed E-state index contributed by atoms with van der Waals surface area (Å²) in [4.78, 5) is 14.5. The number of ketones is 1. The van der Waals surface area contributed by atoms with Crippen molar-refractivity contribution in [1.29, 1.82) is 0 Å². The Balaban J connectivity index is 2.49. The minimum atomic E-state index is -0.00840. The number of aliphatic imine (C=N–C) groups is 1. The first kappa shape index (κ1) is 8.65. The van der Waals surface area contributed by atoms with Crippen LogP contribution in [0.1, 0.15) is 12.5 Å². The van der Waals surface area contributed by atoms with Gasteiger partial charge in [-0.2, -0.15) is 0 Å². The lowest BCUT2D eigenvalue weighted by molar-refractivity contribution is -0.110. The highest BCUT2D eigenvalue weighted by molar-refractivity contribution is 6.26. The van der Waals surface area contributed by atoms with Crippen molar-refractivity contribution in [3.63, 3.8) is 0 Å². The molecular weight excluding hydrogens is 150 g/mol. The molecule has 1 aromatic rings. The third kappa shape index (κ3) is 3.10. The van der Waals surface area contributed by atoms with Crippen LogP contribution in [0.25, 0.3) is 0 Å². The summed E-state index contributed by atoms with van der Waals surface area (Å²) in [6.45, 7) is 2.08. The molecular formula is C10H11NO. The average Bonchev–Trinajstić information content (AvgIpc) is 2.05. The molecule has 1 rings (SSSR count). The van der Waals surface area contributed by atoms with E-state index in [0.29, 0.717) is 6.54 Å². The van der Waals surface area contributed by atoms with E-state index >= 15 is 0 Å². The molecule has 0 aliphatic carbocycles. The van der Waals surface area contributed by atoms with Crippen LogP contribution >= 0.6 is 0 Å². The SMILES string of the molecule is CC(=O)/C=N/Cc1ccccc1. The molecule has 0 aliphatic rings. The van der Waals surface area contributed by atoms with Gasteiger partial charge in [-0.05, 0) is 5.56 Å². The predicted octanol–water partition coefficient (Wildman–Crippen LogP) is 1.85. The van der Waals surface area contributed by atoms with Gasteiger partial charge in [0.1, 0.15) is 0 Å². The quantitative estimate of drug-likeness (QED) is 0.622. The summed E-state index contributed by atoms with van der Waals surface area (Å²) in [5, 5.41) is 0. The largest absolute Gasteiger partial charge is 0.293 e. The second kappa shape index (κ2) is 4.44. The van der Waals surface area contributed by atoms with Crippen LogP contribution in [0, 0.1) is 0 Å². The van der Waals surface area contributed by atoms with E-state index in [2.05, 4.69) is 4.99 Å². The van der Waals surface area contributed by atoms with Crippen molar-refractivity contribution in [2.45, 2.75) is 13.5 Å². The van der Waals surface area contributed by atoms with E-state index in [-0.39, 0.29) is 5.78 Å². The first-order valence-electron chi connectivity index (χ1n) is 3.83. The molecule has 0 aliphatic heterocycles. The van der Waals surface area contributed by atoms with Crippen molar-refractivity contribution < 1.29 is 4.79 Å². The maximum atomic E-state index is 10.5. The summed E-state index contributed by atoms with van der Waals surface area (Å²) in [6, 6.07) is 9.84. The maximum absolute atomic E-state index is 10.5. The summed E-state index contributed by atoms with van der Waals surface area (Å²) in [5.41, 5.74) is 1.12. The zero-order valence-corrected chi connectivity index (χ0v) is 7.03. The molecule has 0 heterocycles. The Morgan fingerprint density at radius 2 is 2.08 bits per heavy atom. The first-order chi connectivity index (χ1) is 5.79. The number of rotatable bonds is 3. The summed E-state index contributed by atoms with van der Waals surface area (Å²) in [7, 11) is 0. The van der Waals surface area contributed by atoms with Gasteiger partial charge >= 0.3 is 0 Å². The minimum Gasteiger partial charge on any atom is -0.293 e. The fraction of sp³-hybridized carbons (Fsp3) is 0.200. The molecule has 62 valence electrons.